The van der Waals surface area contributed by atoms with E-state index in [2.05, 4.69) is 0 Å². The predicted octanol–water partition coefficient (Wildman–Crippen LogP) is -1.16. The summed E-state index contributed by atoms with van der Waals surface area (Å²) >= 11 is 0. The summed E-state index contributed by atoms with van der Waals surface area (Å²) in [6.45, 7) is 0.964. The molecule has 2 aromatic rings. The minimum absolute atomic E-state index is 0.0203. The number of ketones is 1. The molecule has 3 heterocycles. The molecule has 236 valence electrons. The highest BCUT2D eigenvalue weighted by Crippen LogP contribution is 2.44. The molecule has 11 atom stereocenters. The molecule has 2 aromatic carbocycles. The summed E-state index contributed by atoms with van der Waals surface area (Å²) in [4.78, 5) is 13.0. The van der Waals surface area contributed by atoms with Crippen LogP contribution in [0.15, 0.2) is 30.3 Å². The van der Waals surface area contributed by atoms with E-state index >= 15 is 0 Å². The van der Waals surface area contributed by atoms with E-state index in [1.54, 1.807) is 6.07 Å². The summed E-state index contributed by atoms with van der Waals surface area (Å²) in [5.41, 5.74) is 0.455. The molecule has 0 aromatic heterocycles. The number of methoxy groups -OCH3 is 1. The minimum atomic E-state index is -1.77. The summed E-state index contributed by atoms with van der Waals surface area (Å²) in [6, 6.07) is 6.90. The Hall–Kier alpha value is -3.25. The van der Waals surface area contributed by atoms with Crippen LogP contribution >= 0.6 is 0 Å². The fourth-order valence-corrected chi connectivity index (χ4v) is 5.17. The molecular weight excluding hydrogens is 576 g/mol. The Balaban J connectivity index is 1.28. The van der Waals surface area contributed by atoms with Gasteiger partial charge in [0, 0.05) is 6.07 Å². The van der Waals surface area contributed by atoms with Gasteiger partial charge in [0.1, 0.15) is 54.6 Å². The third-order valence-electron chi connectivity index (χ3n) is 7.70. The first-order valence-corrected chi connectivity index (χ1v) is 13.5. The zero-order valence-corrected chi connectivity index (χ0v) is 23.1. The molecule has 15 nitrogen and oxygen atoms in total. The maximum atomic E-state index is 13.0. The number of benzene rings is 2. The Bertz CT molecular complexity index is 1320. The van der Waals surface area contributed by atoms with Crippen molar-refractivity contribution in [3.63, 3.8) is 0 Å². The van der Waals surface area contributed by atoms with Gasteiger partial charge in [-0.05, 0) is 30.7 Å². The van der Waals surface area contributed by atoms with Crippen molar-refractivity contribution < 1.29 is 74.1 Å². The second-order valence-electron chi connectivity index (χ2n) is 10.6. The van der Waals surface area contributed by atoms with Gasteiger partial charge in [-0.2, -0.15) is 0 Å². The van der Waals surface area contributed by atoms with Crippen LogP contribution in [0.2, 0.25) is 0 Å². The zero-order chi connectivity index (χ0) is 31.2. The number of carbonyl (C=O) groups excluding carboxylic acids is 1. The van der Waals surface area contributed by atoms with Crippen molar-refractivity contribution in [2.24, 2.45) is 0 Å². The molecule has 0 unspecified atom stereocenters. The molecule has 0 saturated carbocycles. The molecule has 0 aliphatic carbocycles. The number of aliphatic hydroxyl groups excluding tert-OH is 6. The van der Waals surface area contributed by atoms with E-state index < -0.39 is 85.7 Å². The fraction of sp³-hybridized carbons (Fsp3) is 0.536. The Kier molecular flexibility index (Phi) is 8.99. The number of ether oxygens (including phenoxy) is 6. The smallest absolute Gasteiger partial charge is 0.229 e. The van der Waals surface area contributed by atoms with E-state index in [-0.39, 0.29) is 35.0 Å². The van der Waals surface area contributed by atoms with Gasteiger partial charge in [0.05, 0.1) is 31.8 Å². The van der Waals surface area contributed by atoms with Crippen LogP contribution in [0, 0.1) is 0 Å². The molecule has 3 aliphatic heterocycles. The van der Waals surface area contributed by atoms with Crippen molar-refractivity contribution in [1.82, 2.24) is 0 Å². The maximum absolute atomic E-state index is 13.0. The molecular formula is C28H34O15. The number of phenols is 2. The highest BCUT2D eigenvalue weighted by atomic mass is 16.7. The fourth-order valence-electron chi connectivity index (χ4n) is 5.17. The summed E-state index contributed by atoms with van der Waals surface area (Å²) < 4.78 is 33.0. The van der Waals surface area contributed by atoms with E-state index in [1.807, 2.05) is 0 Å². The van der Waals surface area contributed by atoms with Gasteiger partial charge < -0.3 is 69.3 Å². The second kappa shape index (κ2) is 12.4. The van der Waals surface area contributed by atoms with Gasteiger partial charge in [-0.3, -0.25) is 4.79 Å². The highest BCUT2D eigenvalue weighted by molar-refractivity contribution is 6.01. The molecule has 3 aliphatic rings. The van der Waals surface area contributed by atoms with Crippen LogP contribution in [-0.2, 0) is 14.2 Å². The summed E-state index contributed by atoms with van der Waals surface area (Å²) in [5.74, 6) is -1.04. The maximum Gasteiger partial charge on any atom is 0.229 e. The molecule has 5 rings (SSSR count). The molecule has 15 heteroatoms. The van der Waals surface area contributed by atoms with Gasteiger partial charge in [0.15, 0.2) is 35.1 Å². The van der Waals surface area contributed by atoms with Crippen LogP contribution in [0.3, 0.4) is 0 Å². The molecule has 0 spiro atoms. The number of hydrogen-bond acceptors (Lipinski definition) is 15. The number of hydrogen-bond donors (Lipinski definition) is 8. The van der Waals surface area contributed by atoms with E-state index in [9.17, 15) is 45.6 Å². The standard InChI is InChI=1S/C28H34O15/c1-10-20(32)22(34)24(36)27(40-10)39-9-19-21(33)23(35)25(37)28(43-19)41-12-6-13-14(29)8-18(42-26(13)16(31)7-12)11-3-4-17(38-2)15(30)5-11/h3-7,10,18-25,27-28,30-37H,8-9H2,1-2H3/t10-,18+,19-,20-,21-,22+,23+,24+,25-,27-,28-/m1/s1. The normalized spacial score (nSPS) is 36.0. The van der Waals surface area contributed by atoms with Gasteiger partial charge in [-0.15, -0.1) is 0 Å². The molecule has 0 radical (unpaired) electrons. The number of aliphatic hydroxyl groups is 6. The number of phenolic OH excluding ortho intramolecular Hbond substituents is 2. The van der Waals surface area contributed by atoms with Crippen molar-refractivity contribution in [2.45, 2.75) is 80.9 Å². The van der Waals surface area contributed by atoms with Crippen molar-refractivity contribution in [1.29, 1.82) is 0 Å². The van der Waals surface area contributed by atoms with Crippen molar-refractivity contribution >= 4 is 5.78 Å². The lowest BCUT2D eigenvalue weighted by molar-refractivity contribution is -0.318. The summed E-state index contributed by atoms with van der Waals surface area (Å²) in [5, 5.41) is 82.2. The first kappa shape index (κ1) is 31.2. The van der Waals surface area contributed by atoms with Crippen LogP contribution in [0.4, 0.5) is 0 Å². The number of rotatable bonds is 7. The SMILES string of the molecule is COc1ccc([C@@H]2CC(=O)c3cc(O[C@@H]4O[C@H](CO[C@@H]5O[C@H](C)[C@@H](O)[C@H](O)[C@@H]5O)[C@@H](O)[C@H](O)[C@H]4O)cc(O)c3O2)cc1O. The van der Waals surface area contributed by atoms with E-state index in [4.69, 9.17) is 28.4 Å². The molecule has 0 amide bonds. The number of fused-ring (bicyclic) bond motifs is 1. The average molecular weight is 611 g/mol. The Morgan fingerprint density at radius 1 is 0.837 bits per heavy atom. The van der Waals surface area contributed by atoms with E-state index in [0.29, 0.717) is 5.56 Å². The lowest BCUT2D eigenvalue weighted by atomic mass is 9.95. The topological polar surface area (TPSA) is 234 Å². The van der Waals surface area contributed by atoms with Crippen molar-refractivity contribution in [2.75, 3.05) is 13.7 Å². The highest BCUT2D eigenvalue weighted by Gasteiger charge is 2.47. The van der Waals surface area contributed by atoms with E-state index in [1.165, 1.54) is 32.2 Å². The summed E-state index contributed by atoms with van der Waals surface area (Å²) in [7, 11) is 1.40. The second-order valence-corrected chi connectivity index (χ2v) is 10.6. The molecule has 43 heavy (non-hydrogen) atoms. The third kappa shape index (κ3) is 6.08. The monoisotopic (exact) mass is 610 g/mol. The largest absolute Gasteiger partial charge is 0.504 e. The van der Waals surface area contributed by atoms with Crippen molar-refractivity contribution in [3.8, 4) is 28.7 Å². The van der Waals surface area contributed by atoms with Gasteiger partial charge in [0.25, 0.3) is 0 Å². The van der Waals surface area contributed by atoms with Gasteiger partial charge >= 0.3 is 0 Å². The van der Waals surface area contributed by atoms with Gasteiger partial charge in [-0.1, -0.05) is 6.07 Å². The Morgan fingerprint density at radius 3 is 2.23 bits per heavy atom. The Morgan fingerprint density at radius 2 is 1.53 bits per heavy atom. The van der Waals surface area contributed by atoms with Gasteiger partial charge in [-0.25, -0.2) is 0 Å². The lowest BCUT2D eigenvalue weighted by Gasteiger charge is -2.42. The van der Waals surface area contributed by atoms with Gasteiger partial charge in [0.2, 0.25) is 6.29 Å². The minimum Gasteiger partial charge on any atom is -0.504 e. The van der Waals surface area contributed by atoms with Crippen LogP contribution in [-0.4, -0.2) is 122 Å². The van der Waals surface area contributed by atoms with E-state index in [0.717, 1.165) is 6.07 Å². The van der Waals surface area contributed by atoms with Crippen molar-refractivity contribution in [3.05, 3.63) is 41.5 Å². The average Bonchev–Trinajstić information content (AvgIpc) is 2.98. The predicted molar refractivity (Wildman–Crippen MR) is 141 cm³/mol. The first-order chi connectivity index (χ1) is 20.4. The number of Topliss-reactive ketones (excluding diaryl/α,β-unsaturated/α-hetero) is 1. The molecule has 8 N–H and O–H groups in total. The number of aromatic hydroxyl groups is 2. The van der Waals surface area contributed by atoms with Crippen LogP contribution in [0.25, 0.3) is 0 Å². The van der Waals surface area contributed by atoms with Crippen LogP contribution < -0.4 is 14.2 Å². The molecule has 2 saturated heterocycles. The van der Waals surface area contributed by atoms with Crippen LogP contribution in [0.1, 0.15) is 35.4 Å². The molecule has 0 bridgehead atoms. The third-order valence-corrected chi connectivity index (χ3v) is 7.70. The summed E-state index contributed by atoms with van der Waals surface area (Å²) in [6.07, 6.45) is -15.9. The molecule has 2 fully saturated rings. The quantitative estimate of drug-likeness (QED) is 0.185. The Labute approximate surface area is 245 Å². The van der Waals surface area contributed by atoms with Crippen LogP contribution in [0.5, 0.6) is 28.7 Å². The lowest BCUT2D eigenvalue weighted by Crippen LogP contribution is -2.61. The zero-order valence-electron chi connectivity index (χ0n) is 23.1. The number of carbonyl (C=O) groups is 1. The first-order valence-electron chi connectivity index (χ1n) is 13.5.